The number of carboxylic acids is 1. The highest BCUT2D eigenvalue weighted by molar-refractivity contribution is 9.10. The zero-order chi connectivity index (χ0) is 33.5. The molecule has 0 saturated carbocycles. The lowest BCUT2D eigenvalue weighted by Gasteiger charge is -2.22. The number of amides is 2. The molecule has 0 atom stereocenters. The lowest BCUT2D eigenvalue weighted by molar-refractivity contribution is -0.156. The van der Waals surface area contributed by atoms with E-state index in [4.69, 9.17) is 0 Å². The van der Waals surface area contributed by atoms with Gasteiger partial charge in [-0.05, 0) is 46.9 Å². The molecule has 0 aliphatic rings. The van der Waals surface area contributed by atoms with E-state index in [2.05, 4.69) is 28.2 Å². The van der Waals surface area contributed by atoms with Gasteiger partial charge in [-0.3, -0.25) is 9.59 Å². The molecular weight excluding hydrogens is 661 g/mol. The molecule has 0 aliphatic heterocycles. The summed E-state index contributed by atoms with van der Waals surface area (Å²) in [5, 5.41) is 12.4. The molecule has 0 bridgehead atoms. The van der Waals surface area contributed by atoms with Crippen molar-refractivity contribution in [1.82, 2.24) is 10.2 Å². The maximum Gasteiger partial charge on any atom is 0.417 e. The van der Waals surface area contributed by atoms with Gasteiger partial charge in [0.1, 0.15) is 0 Å². The second-order valence-electron chi connectivity index (χ2n) is 11.5. The summed E-state index contributed by atoms with van der Waals surface area (Å²) >= 11 is 3.45. The van der Waals surface area contributed by atoms with E-state index in [1.54, 1.807) is 30.3 Å². The summed E-state index contributed by atoms with van der Waals surface area (Å²) in [7, 11) is 0. The summed E-state index contributed by atoms with van der Waals surface area (Å²) < 4.78 is 41.0. The molecule has 3 aromatic rings. The second kappa shape index (κ2) is 18.5. The molecule has 3 aromatic carbocycles. The maximum absolute atomic E-state index is 13.5. The Morgan fingerprint density at radius 1 is 0.804 bits per heavy atom. The average Bonchev–Trinajstić information content (AvgIpc) is 3.03. The van der Waals surface area contributed by atoms with Crippen LogP contribution in [0.2, 0.25) is 0 Å². The number of carboxylic acid groups (broad SMARTS) is 1. The van der Waals surface area contributed by atoms with Crippen molar-refractivity contribution in [3.63, 3.8) is 0 Å². The van der Waals surface area contributed by atoms with Crippen LogP contribution in [0.5, 0.6) is 0 Å². The topological polar surface area (TPSA) is 86.7 Å². The SMILES string of the molecule is CCCCCCCCCCCCNC(=O)c1ccc(CN(Cc2ccc(-c3ccccc3C(F)(F)F)cc2)C(=O)C(=O)O)c(Br)c1. The molecule has 0 spiro atoms. The number of nitrogens with one attached hydrogen (secondary N) is 1. The fourth-order valence-corrected chi connectivity index (χ4v) is 5.77. The Morgan fingerprint density at radius 3 is 2.00 bits per heavy atom. The highest BCUT2D eigenvalue weighted by Crippen LogP contribution is 2.37. The van der Waals surface area contributed by atoms with Crippen LogP contribution in [0.3, 0.4) is 0 Å². The minimum Gasteiger partial charge on any atom is -0.474 e. The van der Waals surface area contributed by atoms with E-state index in [0.717, 1.165) is 30.2 Å². The molecule has 0 radical (unpaired) electrons. The quantitative estimate of drug-likeness (QED) is 0.108. The van der Waals surface area contributed by atoms with Crippen molar-refractivity contribution in [3.05, 3.63) is 93.5 Å². The molecule has 2 amide bonds. The van der Waals surface area contributed by atoms with Gasteiger partial charge in [0, 0.05) is 29.7 Å². The van der Waals surface area contributed by atoms with E-state index in [9.17, 15) is 32.7 Å². The number of hydrogen-bond acceptors (Lipinski definition) is 3. The number of carbonyl (C=O) groups is 3. The van der Waals surface area contributed by atoms with Crippen molar-refractivity contribution in [2.45, 2.75) is 90.4 Å². The third-order valence-corrected chi connectivity index (χ3v) is 8.57. The number of halogens is 4. The maximum atomic E-state index is 13.5. The molecule has 2 N–H and O–H groups in total. The number of hydrogen-bond donors (Lipinski definition) is 2. The fraction of sp³-hybridized carbons (Fsp3) is 0.417. The summed E-state index contributed by atoms with van der Waals surface area (Å²) in [4.78, 5) is 38.0. The van der Waals surface area contributed by atoms with E-state index in [1.165, 1.54) is 75.3 Å². The predicted octanol–water partition coefficient (Wildman–Crippen LogP) is 9.40. The third-order valence-electron chi connectivity index (χ3n) is 7.83. The molecular formula is C36H42BrF3N2O4. The lowest BCUT2D eigenvalue weighted by atomic mass is 9.98. The average molecular weight is 704 g/mol. The Labute approximate surface area is 277 Å². The molecule has 248 valence electrons. The van der Waals surface area contributed by atoms with Gasteiger partial charge in [-0.15, -0.1) is 0 Å². The fourth-order valence-electron chi connectivity index (χ4n) is 5.27. The first-order valence-electron chi connectivity index (χ1n) is 15.9. The minimum atomic E-state index is -4.52. The van der Waals surface area contributed by atoms with E-state index in [0.29, 0.717) is 33.3 Å². The highest BCUT2D eigenvalue weighted by atomic mass is 79.9. The summed E-state index contributed by atoms with van der Waals surface area (Å²) in [5.41, 5.74) is 1.19. The first-order chi connectivity index (χ1) is 22.0. The second-order valence-corrected chi connectivity index (χ2v) is 12.3. The molecule has 46 heavy (non-hydrogen) atoms. The van der Waals surface area contributed by atoms with Gasteiger partial charge in [0.2, 0.25) is 0 Å². The number of nitrogens with zero attached hydrogens (tertiary/aromatic N) is 1. The Kier molecular flexibility index (Phi) is 14.8. The van der Waals surface area contributed by atoms with Crippen LogP contribution >= 0.6 is 15.9 Å². The van der Waals surface area contributed by atoms with Gasteiger partial charge in [0.05, 0.1) is 5.56 Å². The molecule has 0 saturated heterocycles. The molecule has 0 aliphatic carbocycles. The molecule has 0 unspecified atom stereocenters. The first kappa shape index (κ1) is 36.8. The van der Waals surface area contributed by atoms with Crippen LogP contribution in [0.15, 0.2) is 71.2 Å². The van der Waals surface area contributed by atoms with Crippen LogP contribution in [0.25, 0.3) is 11.1 Å². The Morgan fingerprint density at radius 2 is 1.41 bits per heavy atom. The summed E-state index contributed by atoms with van der Waals surface area (Å²) in [5.74, 6) is -2.97. The number of aliphatic carboxylic acids is 1. The third kappa shape index (κ3) is 11.6. The van der Waals surface area contributed by atoms with Crippen LogP contribution in [-0.2, 0) is 28.9 Å². The van der Waals surface area contributed by atoms with E-state index in [1.807, 2.05) is 0 Å². The number of rotatable bonds is 17. The molecule has 10 heteroatoms. The van der Waals surface area contributed by atoms with Crippen LogP contribution in [0.4, 0.5) is 13.2 Å². The summed E-state index contributed by atoms with van der Waals surface area (Å²) in [6.45, 7) is 2.65. The van der Waals surface area contributed by atoms with Gasteiger partial charge in [0.15, 0.2) is 0 Å². The van der Waals surface area contributed by atoms with Crippen molar-refractivity contribution in [2.24, 2.45) is 0 Å². The van der Waals surface area contributed by atoms with Crippen molar-refractivity contribution >= 4 is 33.7 Å². The van der Waals surface area contributed by atoms with E-state index in [-0.39, 0.29) is 24.6 Å². The molecule has 0 aromatic heterocycles. The zero-order valence-electron chi connectivity index (χ0n) is 26.2. The van der Waals surface area contributed by atoms with Crippen LogP contribution in [0.1, 0.15) is 98.2 Å². The standard InChI is InChI=1S/C36H42BrF3N2O4/c1-2-3-4-5-6-7-8-9-10-13-22-41-33(43)28-20-21-29(32(37)23-28)25-42(34(44)35(45)46)24-26-16-18-27(19-17-26)30-14-11-12-15-31(30)36(38,39)40/h11-12,14-21,23H,2-10,13,22,24-25H2,1H3,(H,41,43)(H,45,46). The van der Waals surface area contributed by atoms with E-state index >= 15 is 0 Å². The number of alkyl halides is 3. The molecule has 0 fully saturated rings. The first-order valence-corrected chi connectivity index (χ1v) is 16.6. The summed E-state index contributed by atoms with van der Waals surface area (Å²) in [6.07, 6.45) is 7.59. The zero-order valence-corrected chi connectivity index (χ0v) is 27.8. The number of carbonyl (C=O) groups excluding carboxylic acids is 2. The van der Waals surface area contributed by atoms with Gasteiger partial charge in [-0.1, -0.05) is 129 Å². The van der Waals surface area contributed by atoms with Crippen LogP contribution in [0, 0.1) is 0 Å². The normalized spacial score (nSPS) is 11.3. The smallest absolute Gasteiger partial charge is 0.417 e. The highest BCUT2D eigenvalue weighted by Gasteiger charge is 2.33. The Balaban J connectivity index is 1.56. The van der Waals surface area contributed by atoms with Crippen molar-refractivity contribution in [3.8, 4) is 11.1 Å². The lowest BCUT2D eigenvalue weighted by Crippen LogP contribution is -2.35. The summed E-state index contributed by atoms with van der Waals surface area (Å²) in [6, 6.07) is 16.4. The van der Waals surface area contributed by atoms with Gasteiger partial charge < -0.3 is 15.3 Å². The number of benzene rings is 3. The van der Waals surface area contributed by atoms with Gasteiger partial charge >= 0.3 is 18.1 Å². The van der Waals surface area contributed by atoms with Gasteiger partial charge in [0.25, 0.3) is 5.91 Å². The largest absolute Gasteiger partial charge is 0.474 e. The predicted molar refractivity (Wildman–Crippen MR) is 177 cm³/mol. The van der Waals surface area contributed by atoms with Gasteiger partial charge in [-0.25, -0.2) is 4.79 Å². The monoisotopic (exact) mass is 702 g/mol. The molecule has 3 rings (SSSR count). The van der Waals surface area contributed by atoms with Crippen molar-refractivity contribution < 1.29 is 32.7 Å². The van der Waals surface area contributed by atoms with Crippen LogP contribution in [-0.4, -0.2) is 34.3 Å². The Hall–Kier alpha value is -3.66. The van der Waals surface area contributed by atoms with Crippen molar-refractivity contribution in [2.75, 3.05) is 6.54 Å². The van der Waals surface area contributed by atoms with Crippen molar-refractivity contribution in [1.29, 1.82) is 0 Å². The molecule has 0 heterocycles. The number of unbranched alkanes of at least 4 members (excludes halogenated alkanes) is 9. The Bertz CT molecular complexity index is 1440. The van der Waals surface area contributed by atoms with E-state index < -0.39 is 23.6 Å². The van der Waals surface area contributed by atoms with Gasteiger partial charge in [-0.2, -0.15) is 13.2 Å². The molecule has 6 nitrogen and oxygen atoms in total. The van der Waals surface area contributed by atoms with Crippen LogP contribution < -0.4 is 5.32 Å². The minimum absolute atomic E-state index is 0.0246.